The smallest absolute Gasteiger partial charge is 0.325 e. The van der Waals surface area contributed by atoms with Crippen LogP contribution in [0.4, 0.5) is 0 Å². The van der Waals surface area contributed by atoms with Crippen molar-refractivity contribution in [3.63, 3.8) is 0 Å². The van der Waals surface area contributed by atoms with Crippen molar-refractivity contribution in [1.29, 1.82) is 0 Å². The van der Waals surface area contributed by atoms with Gasteiger partial charge in [0.15, 0.2) is 11.5 Å². The minimum Gasteiger partial charge on any atom is -0.493 e. The van der Waals surface area contributed by atoms with Crippen molar-refractivity contribution in [2.24, 2.45) is 0 Å². The molecule has 0 saturated heterocycles. The van der Waals surface area contributed by atoms with Gasteiger partial charge in [0.2, 0.25) is 5.75 Å². The number of hydrogen-bond acceptors (Lipinski definition) is 5. The van der Waals surface area contributed by atoms with E-state index in [1.807, 2.05) is 0 Å². The van der Waals surface area contributed by atoms with Crippen LogP contribution in [0.1, 0.15) is 17.3 Å². The zero-order chi connectivity index (χ0) is 15.3. The van der Waals surface area contributed by atoms with Crippen molar-refractivity contribution in [3.8, 4) is 17.2 Å². The molecule has 1 rings (SSSR count). The molecule has 0 unspecified atom stereocenters. The maximum Gasteiger partial charge on any atom is 0.325 e. The second kappa shape index (κ2) is 6.65. The number of carboxylic acid groups (broad SMARTS) is 1. The largest absolute Gasteiger partial charge is 0.493 e. The summed E-state index contributed by atoms with van der Waals surface area (Å²) in [7, 11) is 4.31. The van der Waals surface area contributed by atoms with Gasteiger partial charge in [-0.25, -0.2) is 0 Å². The predicted octanol–water partition coefficient (Wildman–Crippen LogP) is 0.915. The molecule has 1 atom stereocenters. The van der Waals surface area contributed by atoms with Gasteiger partial charge >= 0.3 is 5.97 Å². The molecule has 0 aliphatic carbocycles. The van der Waals surface area contributed by atoms with Crippen molar-refractivity contribution in [2.45, 2.75) is 13.0 Å². The molecule has 20 heavy (non-hydrogen) atoms. The molecule has 1 amide bonds. The first-order valence-corrected chi connectivity index (χ1v) is 5.78. The van der Waals surface area contributed by atoms with Gasteiger partial charge in [-0.1, -0.05) is 0 Å². The van der Waals surface area contributed by atoms with E-state index in [9.17, 15) is 9.59 Å². The van der Waals surface area contributed by atoms with Crippen LogP contribution in [0.2, 0.25) is 0 Å². The highest BCUT2D eigenvalue weighted by Crippen LogP contribution is 2.38. The molecule has 7 nitrogen and oxygen atoms in total. The first-order valence-electron chi connectivity index (χ1n) is 5.78. The van der Waals surface area contributed by atoms with E-state index in [0.717, 1.165) is 0 Å². The van der Waals surface area contributed by atoms with Gasteiger partial charge in [0.05, 0.1) is 21.3 Å². The number of nitrogens with one attached hydrogen (secondary N) is 1. The lowest BCUT2D eigenvalue weighted by molar-refractivity contribution is -0.138. The van der Waals surface area contributed by atoms with Gasteiger partial charge < -0.3 is 24.6 Å². The topological polar surface area (TPSA) is 94.1 Å². The fourth-order valence-electron chi connectivity index (χ4n) is 1.55. The molecule has 1 aromatic carbocycles. The van der Waals surface area contributed by atoms with Gasteiger partial charge in [0, 0.05) is 5.56 Å². The van der Waals surface area contributed by atoms with E-state index < -0.39 is 17.9 Å². The van der Waals surface area contributed by atoms with Gasteiger partial charge in [0.25, 0.3) is 5.91 Å². The van der Waals surface area contributed by atoms with E-state index >= 15 is 0 Å². The first kappa shape index (κ1) is 15.6. The van der Waals surface area contributed by atoms with E-state index in [1.165, 1.54) is 40.4 Å². The van der Waals surface area contributed by atoms with Crippen LogP contribution in [0.5, 0.6) is 17.2 Å². The average Bonchev–Trinajstić information content (AvgIpc) is 2.45. The number of methoxy groups -OCH3 is 3. The molecule has 7 heteroatoms. The SMILES string of the molecule is COc1cc(C(=O)N[C@@H](C)C(=O)O)cc(OC)c1OC. The third-order valence-electron chi connectivity index (χ3n) is 2.64. The molecular weight excluding hydrogens is 266 g/mol. The van der Waals surface area contributed by atoms with Crippen molar-refractivity contribution >= 4 is 11.9 Å². The quantitative estimate of drug-likeness (QED) is 0.806. The van der Waals surface area contributed by atoms with Crippen LogP contribution < -0.4 is 19.5 Å². The Bertz CT molecular complexity index is 489. The maximum atomic E-state index is 12.0. The number of benzene rings is 1. The lowest BCUT2D eigenvalue weighted by Crippen LogP contribution is -2.38. The van der Waals surface area contributed by atoms with Crippen LogP contribution in [-0.4, -0.2) is 44.4 Å². The summed E-state index contributed by atoms with van der Waals surface area (Å²) >= 11 is 0. The summed E-state index contributed by atoms with van der Waals surface area (Å²) in [5.41, 5.74) is 0.215. The standard InChI is InChI=1S/C13H17NO6/c1-7(13(16)17)14-12(15)8-5-9(18-2)11(20-4)10(6-8)19-3/h5-7H,1-4H3,(H,14,15)(H,16,17)/t7-/m0/s1. The Morgan fingerprint density at radius 1 is 1.10 bits per heavy atom. The molecule has 0 bridgehead atoms. The summed E-state index contributed by atoms with van der Waals surface area (Å²) in [6, 6.07) is 1.90. The first-order chi connectivity index (χ1) is 9.44. The highest BCUT2D eigenvalue weighted by molar-refractivity contribution is 5.97. The lowest BCUT2D eigenvalue weighted by atomic mass is 10.1. The Balaban J connectivity index is 3.13. The molecule has 2 N–H and O–H groups in total. The molecule has 1 aromatic rings. The second-order valence-corrected chi connectivity index (χ2v) is 3.95. The Kier molecular flexibility index (Phi) is 5.19. The number of amides is 1. The molecule has 110 valence electrons. The van der Waals surface area contributed by atoms with Crippen molar-refractivity contribution in [2.75, 3.05) is 21.3 Å². The summed E-state index contributed by atoms with van der Waals surface area (Å²) in [5, 5.41) is 11.1. The molecule has 0 saturated carbocycles. The van der Waals surface area contributed by atoms with Gasteiger partial charge in [-0.05, 0) is 19.1 Å². The van der Waals surface area contributed by atoms with Crippen molar-refractivity contribution < 1.29 is 28.9 Å². The molecular formula is C13H17NO6. The summed E-state index contributed by atoms with van der Waals surface area (Å²) in [6.07, 6.45) is 0. The van der Waals surface area contributed by atoms with Crippen LogP contribution in [0.15, 0.2) is 12.1 Å². The Morgan fingerprint density at radius 3 is 1.95 bits per heavy atom. The van der Waals surface area contributed by atoms with Crippen LogP contribution in [-0.2, 0) is 4.79 Å². The van der Waals surface area contributed by atoms with Crippen LogP contribution >= 0.6 is 0 Å². The number of aliphatic carboxylic acids is 1. The molecule has 0 spiro atoms. The van der Waals surface area contributed by atoms with E-state index in [4.69, 9.17) is 19.3 Å². The zero-order valence-electron chi connectivity index (χ0n) is 11.7. The van der Waals surface area contributed by atoms with Crippen LogP contribution in [0.25, 0.3) is 0 Å². The van der Waals surface area contributed by atoms with Gasteiger partial charge in [-0.2, -0.15) is 0 Å². The number of carbonyl (C=O) groups excluding carboxylic acids is 1. The third kappa shape index (κ3) is 3.31. The molecule has 0 fully saturated rings. The highest BCUT2D eigenvalue weighted by Gasteiger charge is 2.19. The Hall–Kier alpha value is -2.44. The number of carboxylic acids is 1. The molecule has 0 radical (unpaired) electrons. The highest BCUT2D eigenvalue weighted by atomic mass is 16.5. The molecule has 0 aliphatic heterocycles. The summed E-state index contributed by atoms with van der Waals surface area (Å²) in [4.78, 5) is 22.7. The van der Waals surface area contributed by atoms with Crippen molar-refractivity contribution in [3.05, 3.63) is 17.7 Å². The molecule has 0 heterocycles. The molecule has 0 aromatic heterocycles. The Morgan fingerprint density at radius 2 is 1.60 bits per heavy atom. The zero-order valence-corrected chi connectivity index (χ0v) is 11.7. The Labute approximate surface area is 116 Å². The van der Waals surface area contributed by atoms with Crippen molar-refractivity contribution in [1.82, 2.24) is 5.32 Å². The van der Waals surface area contributed by atoms with Crippen LogP contribution in [0, 0.1) is 0 Å². The van der Waals surface area contributed by atoms with Gasteiger partial charge in [-0.3, -0.25) is 9.59 Å². The minimum absolute atomic E-state index is 0.215. The maximum absolute atomic E-state index is 12.0. The fourth-order valence-corrected chi connectivity index (χ4v) is 1.55. The summed E-state index contributed by atoms with van der Waals surface area (Å²) in [6.45, 7) is 1.37. The van der Waals surface area contributed by atoms with E-state index in [-0.39, 0.29) is 5.56 Å². The number of ether oxygens (including phenoxy) is 3. The normalized spacial score (nSPS) is 11.4. The summed E-state index contributed by atoms with van der Waals surface area (Å²) in [5.74, 6) is -0.664. The number of rotatable bonds is 6. The van der Waals surface area contributed by atoms with Gasteiger partial charge in [0.1, 0.15) is 6.04 Å². The van der Waals surface area contributed by atoms with E-state index in [2.05, 4.69) is 5.32 Å². The molecule has 0 aliphatic rings. The lowest BCUT2D eigenvalue weighted by Gasteiger charge is -2.15. The third-order valence-corrected chi connectivity index (χ3v) is 2.64. The van der Waals surface area contributed by atoms with E-state index in [0.29, 0.717) is 17.2 Å². The average molecular weight is 283 g/mol. The second-order valence-electron chi connectivity index (χ2n) is 3.95. The fraction of sp³-hybridized carbons (Fsp3) is 0.385. The van der Waals surface area contributed by atoms with Gasteiger partial charge in [-0.15, -0.1) is 0 Å². The summed E-state index contributed by atoms with van der Waals surface area (Å²) < 4.78 is 15.4. The number of hydrogen-bond donors (Lipinski definition) is 2. The predicted molar refractivity (Wildman–Crippen MR) is 70.7 cm³/mol. The van der Waals surface area contributed by atoms with E-state index in [1.54, 1.807) is 0 Å². The number of carbonyl (C=O) groups is 2. The monoisotopic (exact) mass is 283 g/mol. The van der Waals surface area contributed by atoms with Crippen LogP contribution in [0.3, 0.4) is 0 Å². The minimum atomic E-state index is -1.12.